The lowest BCUT2D eigenvalue weighted by atomic mass is 9.43. The second-order valence-corrected chi connectivity index (χ2v) is 19.9. The minimum atomic E-state index is -4.41. The second kappa shape index (κ2) is 16.5. The summed E-state index contributed by atoms with van der Waals surface area (Å²) in [6.45, 7) is 11.6. The predicted molar refractivity (Wildman–Crippen MR) is 223 cm³/mol. The van der Waals surface area contributed by atoms with E-state index in [1.54, 1.807) is 24.3 Å². The van der Waals surface area contributed by atoms with Crippen LogP contribution in [0.5, 0.6) is 5.75 Å². The SMILES string of the molecule is COc1ccccc1C(=O)OC[C@@](NC(=O)C(NS(=O)(=O)c1cccnc1)c1csc(NC(=O)OCc2ccccc2)n1)(B1OC2C[C@H]3C[C@@H](C3(C)C)[C@]2(C)O1)C(C)(C)C. The van der Waals surface area contributed by atoms with Gasteiger partial charge in [0.2, 0.25) is 15.9 Å². The standard InChI is InChI=1S/C42H50BN5O10S2/c1-39(2,3)42(25-56-36(50)29-17-11-12-18-31(29)54-7,43-57-33-21-27-20-32(40(27,4)5)41(33,6)58-43)47-35(49)34(48-60(52,53)28-16-13-19-44-22-28)30-24-59-37(45-30)46-38(51)55-23-26-14-9-8-10-15-26/h8-19,22,24,27,32-34,48H,20-21,23,25H2,1-7H3,(H,47,49)(H,45,46,51)/t27-,32+,33?,34?,41+,42+/m1/s1. The zero-order valence-electron chi connectivity index (χ0n) is 34.6. The number of carbonyl (C=O) groups is 3. The summed E-state index contributed by atoms with van der Waals surface area (Å²) in [7, 11) is -4.12. The largest absolute Gasteiger partial charge is 0.496 e. The first-order valence-electron chi connectivity index (χ1n) is 19.7. The lowest BCUT2D eigenvalue weighted by Crippen LogP contribution is -2.71. The monoisotopic (exact) mass is 859 g/mol. The van der Waals surface area contributed by atoms with Crippen molar-refractivity contribution in [3.05, 3.63) is 101 Å². The van der Waals surface area contributed by atoms with Crippen LogP contribution in [0.15, 0.2) is 89.4 Å². The van der Waals surface area contributed by atoms with Crippen LogP contribution in [0.25, 0.3) is 0 Å². The fraction of sp³-hybridized carbons (Fsp3) is 0.452. The average Bonchev–Trinajstić information content (AvgIpc) is 3.84. The van der Waals surface area contributed by atoms with Crippen molar-refractivity contribution in [1.82, 2.24) is 20.0 Å². The summed E-state index contributed by atoms with van der Waals surface area (Å²) in [6, 6.07) is 16.8. The summed E-state index contributed by atoms with van der Waals surface area (Å²) >= 11 is 0.968. The number of sulfonamides is 1. The number of anilines is 1. The van der Waals surface area contributed by atoms with E-state index in [9.17, 15) is 18.0 Å². The van der Waals surface area contributed by atoms with Crippen molar-refractivity contribution < 1.29 is 46.3 Å². The first kappa shape index (κ1) is 43.2. The van der Waals surface area contributed by atoms with Gasteiger partial charge in [-0.25, -0.2) is 23.0 Å². The number of aromatic nitrogens is 2. The molecule has 1 aliphatic heterocycles. The van der Waals surface area contributed by atoms with Crippen LogP contribution >= 0.6 is 11.3 Å². The van der Waals surface area contributed by atoms with Crippen LogP contribution in [0.2, 0.25) is 0 Å². The van der Waals surface area contributed by atoms with Crippen LogP contribution in [-0.4, -0.2) is 74.3 Å². The summed E-state index contributed by atoms with van der Waals surface area (Å²) in [6.07, 6.45) is 3.16. The number of para-hydroxylation sites is 1. The molecule has 0 spiro atoms. The number of carbonyl (C=O) groups excluding carboxylic acids is 3. The van der Waals surface area contributed by atoms with Crippen LogP contribution in [0.1, 0.15) is 82.0 Å². The Morgan fingerprint density at radius 3 is 2.42 bits per heavy atom. The summed E-state index contributed by atoms with van der Waals surface area (Å²) in [5, 5.41) is 7.17. The van der Waals surface area contributed by atoms with Gasteiger partial charge in [-0.2, -0.15) is 4.72 Å². The van der Waals surface area contributed by atoms with Gasteiger partial charge < -0.3 is 28.8 Å². The van der Waals surface area contributed by atoms with Crippen molar-refractivity contribution in [2.45, 2.75) is 89.1 Å². The molecule has 60 heavy (non-hydrogen) atoms. The van der Waals surface area contributed by atoms with Crippen molar-refractivity contribution in [2.75, 3.05) is 19.0 Å². The molecular formula is C42H50BN5O10S2. The van der Waals surface area contributed by atoms with Crippen LogP contribution < -0.4 is 20.1 Å². The Morgan fingerprint density at radius 1 is 1.00 bits per heavy atom. The molecule has 2 aromatic heterocycles. The highest BCUT2D eigenvalue weighted by Gasteiger charge is 2.72. The van der Waals surface area contributed by atoms with Gasteiger partial charge in [-0.05, 0) is 72.3 Å². The number of methoxy groups -OCH3 is 1. The first-order valence-corrected chi connectivity index (χ1v) is 22.0. The quantitative estimate of drug-likeness (QED) is 0.0943. The average molecular weight is 860 g/mol. The summed E-state index contributed by atoms with van der Waals surface area (Å²) < 4.78 is 61.0. The van der Waals surface area contributed by atoms with Crippen molar-refractivity contribution in [2.24, 2.45) is 22.7 Å². The van der Waals surface area contributed by atoms with Crippen LogP contribution in [-0.2, 0) is 40.2 Å². The van der Waals surface area contributed by atoms with Crippen LogP contribution in [0, 0.1) is 22.7 Å². The van der Waals surface area contributed by atoms with Gasteiger partial charge in [-0.3, -0.25) is 15.1 Å². The Morgan fingerprint density at radius 2 is 1.73 bits per heavy atom. The Labute approximate surface area is 354 Å². The number of thiazole rings is 1. The highest BCUT2D eigenvalue weighted by Crippen LogP contribution is 2.66. The Kier molecular flexibility index (Phi) is 11.9. The molecule has 18 heteroatoms. The van der Waals surface area contributed by atoms with Gasteiger partial charge in [0.1, 0.15) is 40.9 Å². The van der Waals surface area contributed by atoms with Crippen molar-refractivity contribution >= 4 is 51.6 Å². The zero-order chi connectivity index (χ0) is 43.1. The van der Waals surface area contributed by atoms with Crippen molar-refractivity contribution in [3.63, 3.8) is 0 Å². The third-order valence-corrected chi connectivity index (χ3v) is 14.7. The summed E-state index contributed by atoms with van der Waals surface area (Å²) in [5.74, 6) is -0.708. The third kappa shape index (κ3) is 8.27. The third-order valence-electron chi connectivity index (χ3n) is 12.5. The van der Waals surface area contributed by atoms with Gasteiger partial charge in [0.05, 0.1) is 24.5 Å². The highest BCUT2D eigenvalue weighted by molar-refractivity contribution is 7.89. The Bertz CT molecular complexity index is 2330. The topological polar surface area (TPSA) is 193 Å². The second-order valence-electron chi connectivity index (χ2n) is 17.3. The molecule has 3 saturated carbocycles. The fourth-order valence-electron chi connectivity index (χ4n) is 8.66. The van der Waals surface area contributed by atoms with E-state index >= 15 is 4.79 Å². The molecule has 2 bridgehead atoms. The molecule has 3 aliphatic carbocycles. The van der Waals surface area contributed by atoms with E-state index in [1.165, 1.54) is 30.8 Å². The molecule has 3 N–H and O–H groups in total. The Hall–Kier alpha value is -4.88. The normalized spacial score (nSPS) is 23.2. The molecule has 15 nitrogen and oxygen atoms in total. The van der Waals surface area contributed by atoms with E-state index < -0.39 is 64.2 Å². The van der Waals surface area contributed by atoms with Gasteiger partial charge in [0.25, 0.3) is 0 Å². The molecule has 1 saturated heterocycles. The zero-order valence-corrected chi connectivity index (χ0v) is 36.2. The number of hydrogen-bond acceptors (Lipinski definition) is 13. The molecule has 6 atom stereocenters. The molecule has 3 heterocycles. The van der Waals surface area contributed by atoms with Crippen LogP contribution in [0.3, 0.4) is 0 Å². The first-order chi connectivity index (χ1) is 28.4. The maximum atomic E-state index is 15.1. The number of nitrogens with one attached hydrogen (secondary N) is 3. The van der Waals surface area contributed by atoms with Gasteiger partial charge >= 0.3 is 19.2 Å². The molecule has 4 aliphatic rings. The maximum Gasteiger partial charge on any atom is 0.489 e. The number of amides is 2. The minimum absolute atomic E-state index is 0.00146. The molecule has 0 radical (unpaired) electrons. The van der Waals surface area contributed by atoms with Gasteiger partial charge in [0, 0.05) is 17.8 Å². The molecule has 4 aromatic rings. The maximum absolute atomic E-state index is 15.1. The molecule has 318 valence electrons. The molecule has 2 unspecified atom stereocenters. The summed E-state index contributed by atoms with van der Waals surface area (Å²) in [4.78, 5) is 49.9. The Balaban J connectivity index is 1.24. The molecule has 4 fully saturated rings. The van der Waals surface area contributed by atoms with E-state index in [1.807, 2.05) is 58.0 Å². The van der Waals surface area contributed by atoms with E-state index in [2.05, 4.69) is 39.2 Å². The molecule has 8 rings (SSSR count). The molecule has 2 amide bonds. The van der Waals surface area contributed by atoms with E-state index in [4.69, 9.17) is 23.5 Å². The predicted octanol–water partition coefficient (Wildman–Crippen LogP) is 6.34. The minimum Gasteiger partial charge on any atom is -0.496 e. The highest BCUT2D eigenvalue weighted by atomic mass is 32.2. The number of hydrogen-bond donors (Lipinski definition) is 3. The molecule has 2 aromatic carbocycles. The van der Waals surface area contributed by atoms with E-state index in [0.29, 0.717) is 11.7 Å². The number of benzene rings is 2. The van der Waals surface area contributed by atoms with Gasteiger partial charge in [-0.15, -0.1) is 11.3 Å². The van der Waals surface area contributed by atoms with E-state index in [0.717, 1.165) is 35.9 Å². The lowest BCUT2D eigenvalue weighted by molar-refractivity contribution is -0.199. The van der Waals surface area contributed by atoms with Crippen molar-refractivity contribution in [3.8, 4) is 5.75 Å². The number of rotatable bonds is 14. The fourth-order valence-corrected chi connectivity index (χ4v) is 10.5. The summed E-state index contributed by atoms with van der Waals surface area (Å²) in [5.41, 5.74) is -2.44. The van der Waals surface area contributed by atoms with Gasteiger partial charge in [0.15, 0.2) is 5.13 Å². The van der Waals surface area contributed by atoms with Crippen molar-refractivity contribution in [1.29, 1.82) is 0 Å². The molecular weight excluding hydrogens is 809 g/mol. The van der Waals surface area contributed by atoms with Gasteiger partial charge in [-0.1, -0.05) is 77.1 Å². The smallest absolute Gasteiger partial charge is 0.489 e. The van der Waals surface area contributed by atoms with E-state index in [-0.39, 0.29) is 45.3 Å². The number of esters is 1. The number of pyridine rings is 1. The number of nitrogens with zero attached hydrogens (tertiary/aromatic N) is 2. The lowest BCUT2D eigenvalue weighted by Gasteiger charge is -2.64. The number of ether oxygens (including phenoxy) is 3. The van der Waals surface area contributed by atoms with Crippen LogP contribution in [0.4, 0.5) is 9.93 Å².